The van der Waals surface area contributed by atoms with Crippen molar-refractivity contribution in [2.75, 3.05) is 42.1 Å². The number of nitrogens with one attached hydrogen (secondary N) is 2. The van der Waals surface area contributed by atoms with Crippen molar-refractivity contribution in [2.45, 2.75) is 44.9 Å². The molecule has 0 saturated heterocycles. The number of hydrogen-bond donors (Lipinski definition) is 3. The molecule has 4 rings (SSSR count). The van der Waals surface area contributed by atoms with Crippen molar-refractivity contribution in [3.05, 3.63) is 77.4 Å². The maximum atomic E-state index is 13.7. The van der Waals surface area contributed by atoms with Gasteiger partial charge in [-0.15, -0.1) is 0 Å². The summed E-state index contributed by atoms with van der Waals surface area (Å²) in [5.41, 5.74) is 2.37. The fourth-order valence-corrected chi connectivity index (χ4v) is 5.60. The summed E-state index contributed by atoms with van der Waals surface area (Å²) in [5.74, 6) is -0.322. The van der Waals surface area contributed by atoms with E-state index < -0.39 is 30.1 Å². The predicted octanol–water partition coefficient (Wildman–Crippen LogP) is 3.74. The Labute approximate surface area is 286 Å². The number of methoxy groups -OCH3 is 4. The minimum absolute atomic E-state index is 0.00625. The molecule has 0 saturated carbocycles. The van der Waals surface area contributed by atoms with Crippen molar-refractivity contribution < 1.29 is 47.9 Å². The van der Waals surface area contributed by atoms with Crippen LogP contribution in [0.25, 0.3) is 5.57 Å². The van der Waals surface area contributed by atoms with Gasteiger partial charge in [-0.25, -0.2) is 4.79 Å². The van der Waals surface area contributed by atoms with E-state index in [0.29, 0.717) is 34.6 Å². The molecule has 3 unspecified atom stereocenters. The number of esters is 1. The highest BCUT2D eigenvalue weighted by Crippen LogP contribution is 2.50. The topological polar surface area (TPSA) is 151 Å². The van der Waals surface area contributed by atoms with Crippen LogP contribution in [0.4, 0.5) is 0 Å². The number of likely N-dealkylation sites (N-methyl/N-ethyl adjacent to an activating group) is 1. The Morgan fingerprint density at radius 2 is 1.59 bits per heavy atom. The van der Waals surface area contributed by atoms with E-state index in [9.17, 15) is 19.5 Å². The van der Waals surface area contributed by atoms with Crippen molar-refractivity contribution >= 4 is 23.2 Å². The molecule has 3 aromatic carbocycles. The van der Waals surface area contributed by atoms with Gasteiger partial charge in [0.05, 0.1) is 28.4 Å². The number of ether oxygens (including phenoxy) is 6. The lowest BCUT2D eigenvalue weighted by atomic mass is 9.95. The van der Waals surface area contributed by atoms with Gasteiger partial charge in [0.2, 0.25) is 11.5 Å². The molecule has 0 spiro atoms. The third kappa shape index (κ3) is 8.70. The van der Waals surface area contributed by atoms with Crippen LogP contribution in [0.3, 0.4) is 0 Å². The zero-order valence-corrected chi connectivity index (χ0v) is 28.8. The monoisotopic (exact) mass is 676 g/mol. The first-order chi connectivity index (χ1) is 23.5. The van der Waals surface area contributed by atoms with Crippen LogP contribution in [0, 0.1) is 5.92 Å². The van der Waals surface area contributed by atoms with Gasteiger partial charge in [-0.05, 0) is 66.8 Å². The summed E-state index contributed by atoms with van der Waals surface area (Å²) in [6.07, 6.45) is 0.627. The number of ketones is 1. The molecule has 1 amide bonds. The van der Waals surface area contributed by atoms with Gasteiger partial charge in [0.15, 0.2) is 35.4 Å². The molecule has 49 heavy (non-hydrogen) atoms. The number of fused-ring (bicyclic) bond motifs is 1. The number of benzene rings is 3. The van der Waals surface area contributed by atoms with Crippen LogP contribution in [0.5, 0.6) is 34.5 Å². The molecule has 3 aromatic rings. The Bertz CT molecular complexity index is 1670. The van der Waals surface area contributed by atoms with Crippen LogP contribution >= 0.6 is 0 Å². The molecule has 0 aromatic heterocycles. The number of aliphatic hydroxyl groups is 1. The van der Waals surface area contributed by atoms with E-state index in [-0.39, 0.29) is 47.7 Å². The maximum absolute atomic E-state index is 13.7. The molecule has 3 N–H and O–H groups in total. The average molecular weight is 677 g/mol. The van der Waals surface area contributed by atoms with Crippen molar-refractivity contribution in [3.63, 3.8) is 0 Å². The van der Waals surface area contributed by atoms with Gasteiger partial charge in [0.1, 0.15) is 12.1 Å². The average Bonchev–Trinajstić information content (AvgIpc) is 3.27. The number of amides is 1. The minimum atomic E-state index is -1.44. The Morgan fingerprint density at radius 1 is 0.898 bits per heavy atom. The Morgan fingerprint density at radius 3 is 2.20 bits per heavy atom. The molecule has 1 aliphatic rings. The van der Waals surface area contributed by atoms with E-state index in [1.165, 1.54) is 34.5 Å². The molecule has 262 valence electrons. The van der Waals surface area contributed by atoms with Gasteiger partial charge in [-0.3, -0.25) is 9.59 Å². The third-order valence-electron chi connectivity index (χ3n) is 8.05. The molecule has 0 bridgehead atoms. The van der Waals surface area contributed by atoms with Crippen molar-refractivity contribution in [2.24, 2.45) is 5.92 Å². The summed E-state index contributed by atoms with van der Waals surface area (Å²) in [6, 6.07) is 14.3. The van der Waals surface area contributed by atoms with Crippen LogP contribution in [-0.4, -0.2) is 83.0 Å². The minimum Gasteiger partial charge on any atom is -0.493 e. The molecule has 3 atom stereocenters. The summed E-state index contributed by atoms with van der Waals surface area (Å²) >= 11 is 0. The first-order valence-corrected chi connectivity index (χ1v) is 15.8. The van der Waals surface area contributed by atoms with E-state index >= 15 is 0 Å². The molecule has 1 aliphatic heterocycles. The second-order valence-electron chi connectivity index (χ2n) is 11.8. The van der Waals surface area contributed by atoms with E-state index in [1.54, 1.807) is 31.3 Å². The van der Waals surface area contributed by atoms with Gasteiger partial charge >= 0.3 is 5.97 Å². The Kier molecular flexibility index (Phi) is 12.6. The second-order valence-corrected chi connectivity index (χ2v) is 11.8. The van der Waals surface area contributed by atoms with Gasteiger partial charge in [0.25, 0.3) is 5.91 Å². The van der Waals surface area contributed by atoms with Gasteiger partial charge in [-0.1, -0.05) is 50.2 Å². The fourth-order valence-electron chi connectivity index (χ4n) is 5.60. The van der Waals surface area contributed by atoms with Crippen molar-refractivity contribution in [1.29, 1.82) is 0 Å². The van der Waals surface area contributed by atoms with Crippen molar-refractivity contribution in [3.8, 4) is 34.5 Å². The molecule has 12 nitrogen and oxygen atoms in total. The highest BCUT2D eigenvalue weighted by molar-refractivity contribution is 6.04. The van der Waals surface area contributed by atoms with Crippen LogP contribution < -0.4 is 39.1 Å². The summed E-state index contributed by atoms with van der Waals surface area (Å²) in [7, 11) is 7.49. The summed E-state index contributed by atoms with van der Waals surface area (Å²) < 4.78 is 33.9. The molecule has 0 radical (unpaired) electrons. The van der Waals surface area contributed by atoms with Crippen LogP contribution in [0.2, 0.25) is 0 Å². The van der Waals surface area contributed by atoms with E-state index in [2.05, 4.69) is 10.6 Å². The van der Waals surface area contributed by atoms with E-state index in [4.69, 9.17) is 28.4 Å². The molecule has 12 heteroatoms. The van der Waals surface area contributed by atoms with Crippen molar-refractivity contribution in [1.82, 2.24) is 10.6 Å². The van der Waals surface area contributed by atoms with E-state index in [0.717, 1.165) is 5.56 Å². The molecule has 0 aliphatic carbocycles. The van der Waals surface area contributed by atoms with Gasteiger partial charge in [-0.2, -0.15) is 0 Å². The normalized spacial score (nSPS) is 14.3. The summed E-state index contributed by atoms with van der Waals surface area (Å²) in [4.78, 5) is 39.9. The molecular weight excluding hydrogens is 632 g/mol. The Hall–Kier alpha value is -5.07. The highest BCUT2D eigenvalue weighted by atomic mass is 16.6. The quantitative estimate of drug-likeness (QED) is 0.160. The number of aliphatic hydroxyl groups excluding tert-OH is 1. The lowest BCUT2D eigenvalue weighted by Crippen LogP contribution is -2.53. The standard InChI is InChI=1S/C37H44N2O10/c1-21(2)15-28(39-36(42)32(41)27(38-3)16-22-11-9-8-10-12-22)37(43)49-30-17-23(13-14-29(30)44-4)25-18-24(40)20-48-33-26(25)19-31(45-5)34(46-6)35(33)47-7/h8-14,17-19,21,27-28,32,38,41H,15-16,20H2,1-7H3,(H,39,42). The van der Waals surface area contributed by atoms with Gasteiger partial charge in [0, 0.05) is 11.6 Å². The maximum Gasteiger partial charge on any atom is 0.334 e. The first kappa shape index (κ1) is 36.8. The molecule has 1 heterocycles. The van der Waals surface area contributed by atoms with Crippen LogP contribution in [-0.2, 0) is 20.8 Å². The summed E-state index contributed by atoms with van der Waals surface area (Å²) in [6.45, 7) is 3.56. The van der Waals surface area contributed by atoms with Crippen LogP contribution in [0.15, 0.2) is 60.7 Å². The number of rotatable bonds is 15. The highest BCUT2D eigenvalue weighted by Gasteiger charge is 2.32. The number of carbonyl (C=O) groups is 3. The third-order valence-corrected chi connectivity index (χ3v) is 8.05. The molecular formula is C37H44N2O10. The predicted molar refractivity (Wildman–Crippen MR) is 183 cm³/mol. The SMILES string of the molecule is CNC(Cc1ccccc1)C(O)C(=O)NC(CC(C)C)C(=O)Oc1cc(C2=CC(=O)COc3c2cc(OC)c(OC)c3OC)ccc1OC. The van der Waals surface area contributed by atoms with Gasteiger partial charge < -0.3 is 44.2 Å². The Balaban J connectivity index is 1.65. The first-order valence-electron chi connectivity index (χ1n) is 15.8. The number of hydrogen-bond acceptors (Lipinski definition) is 11. The molecule has 0 fully saturated rings. The summed E-state index contributed by atoms with van der Waals surface area (Å²) in [5, 5.41) is 16.7. The smallest absolute Gasteiger partial charge is 0.334 e. The number of carbonyl (C=O) groups excluding carboxylic acids is 3. The zero-order valence-electron chi connectivity index (χ0n) is 28.8. The van der Waals surface area contributed by atoms with E-state index in [1.807, 2.05) is 44.2 Å². The van der Waals surface area contributed by atoms with Crippen LogP contribution in [0.1, 0.15) is 37.0 Å². The second kappa shape index (κ2) is 16.8. The lowest BCUT2D eigenvalue weighted by molar-refractivity contribution is -0.142. The largest absolute Gasteiger partial charge is 0.493 e. The lowest BCUT2D eigenvalue weighted by Gasteiger charge is -2.25. The fraction of sp³-hybridized carbons (Fsp3) is 0.378. The zero-order chi connectivity index (χ0) is 35.7.